The lowest BCUT2D eigenvalue weighted by atomic mass is 9.94. The number of hydrogen-bond acceptors (Lipinski definition) is 4. The van der Waals surface area contributed by atoms with E-state index in [4.69, 9.17) is 9.98 Å². The Balaban J connectivity index is 1.10. The molecular weight excluding hydrogens is 819 g/mol. The monoisotopic (exact) mass is 860 g/mol. The molecule has 306 valence electrons. The summed E-state index contributed by atoms with van der Waals surface area (Å²) in [6, 6.07) is 78.5. The van der Waals surface area contributed by atoms with Gasteiger partial charge in [-0.05, 0) is 60.0 Å². The molecule has 0 heterocycles. The Morgan fingerprint density at radius 2 is 0.641 bits per heavy atom. The van der Waals surface area contributed by atoms with E-state index in [1.54, 1.807) is 12.4 Å². The van der Waals surface area contributed by atoms with Gasteiger partial charge in [0.05, 0.1) is 11.4 Å². The van der Waals surface area contributed by atoms with Crippen LogP contribution in [-0.2, 0) is 0 Å². The van der Waals surface area contributed by atoms with Crippen molar-refractivity contribution in [2.45, 2.75) is 0 Å². The fourth-order valence-corrected chi connectivity index (χ4v) is 13.1. The third-order valence-electron chi connectivity index (χ3n) is 11.4. The molecule has 4 nitrogen and oxygen atoms in total. The minimum absolute atomic E-state index is 0.216. The second-order valence-corrected chi connectivity index (χ2v) is 19.7. The summed E-state index contributed by atoms with van der Waals surface area (Å²) in [5, 5.41) is 34.6. The molecule has 0 bridgehead atoms. The van der Waals surface area contributed by atoms with Gasteiger partial charge in [-0.3, -0.25) is 9.98 Å². The number of nitrogens with zero attached hydrogens (tertiary/aromatic N) is 2. The molecule has 0 aliphatic carbocycles. The van der Waals surface area contributed by atoms with E-state index in [9.17, 15) is 10.2 Å². The van der Waals surface area contributed by atoms with Crippen LogP contribution in [0.25, 0.3) is 32.7 Å². The van der Waals surface area contributed by atoms with Gasteiger partial charge in [-0.15, -0.1) is 0 Å². The smallest absolute Gasteiger partial charge is 0.132 e. The maximum absolute atomic E-state index is 12.1. The highest BCUT2D eigenvalue weighted by atomic mass is 31.1. The van der Waals surface area contributed by atoms with E-state index in [0.717, 1.165) is 75.9 Å². The first-order valence-electron chi connectivity index (χ1n) is 21.2. The van der Waals surface area contributed by atoms with Gasteiger partial charge in [0.2, 0.25) is 0 Å². The molecule has 0 spiro atoms. The van der Waals surface area contributed by atoms with Gasteiger partial charge in [0.25, 0.3) is 0 Å². The summed E-state index contributed by atoms with van der Waals surface area (Å²) >= 11 is 0. The first kappa shape index (κ1) is 40.6. The Labute approximate surface area is 375 Å². The predicted molar refractivity (Wildman–Crippen MR) is 275 cm³/mol. The van der Waals surface area contributed by atoms with Crippen LogP contribution in [0.15, 0.2) is 241 Å². The second kappa shape index (κ2) is 18.5. The summed E-state index contributed by atoms with van der Waals surface area (Å²) < 4.78 is 0. The van der Waals surface area contributed by atoms with E-state index in [1.807, 2.05) is 84.9 Å². The molecule has 0 aliphatic heterocycles. The van der Waals surface area contributed by atoms with Gasteiger partial charge in [-0.2, -0.15) is 0 Å². The zero-order valence-electron chi connectivity index (χ0n) is 34.8. The molecule has 0 radical (unpaired) electrons. The summed E-state index contributed by atoms with van der Waals surface area (Å²) in [4.78, 5) is 10.5. The average Bonchev–Trinajstić information content (AvgIpc) is 3.35. The number of phenolic OH excluding ortho intramolecular Hbond substituents is 2. The van der Waals surface area contributed by atoms with Crippen molar-refractivity contribution < 1.29 is 10.2 Å². The summed E-state index contributed by atoms with van der Waals surface area (Å²) in [5.41, 5.74) is 4.60. The van der Waals surface area contributed by atoms with Crippen LogP contribution in [0.5, 0.6) is 11.5 Å². The average molecular weight is 861 g/mol. The summed E-state index contributed by atoms with van der Waals surface area (Å²) in [6.07, 6.45) is 3.58. The molecule has 64 heavy (non-hydrogen) atoms. The number of fused-ring (bicyclic) bond motifs is 2. The van der Waals surface area contributed by atoms with Crippen molar-refractivity contribution >= 4 is 93.0 Å². The molecule has 2 N–H and O–H groups in total. The highest BCUT2D eigenvalue weighted by Gasteiger charge is 2.23. The molecule has 10 aromatic rings. The Morgan fingerprint density at radius 3 is 1.00 bits per heavy atom. The van der Waals surface area contributed by atoms with Crippen LogP contribution < -0.4 is 31.8 Å². The molecule has 0 aromatic heterocycles. The minimum Gasteiger partial charge on any atom is -0.507 e. The van der Waals surface area contributed by atoms with Crippen molar-refractivity contribution in [3.63, 3.8) is 0 Å². The summed E-state index contributed by atoms with van der Waals surface area (Å²) in [5.74, 6) is 0.432. The van der Waals surface area contributed by atoms with Crippen LogP contribution in [0, 0.1) is 0 Å². The first-order valence-corrected chi connectivity index (χ1v) is 23.9. The van der Waals surface area contributed by atoms with Crippen LogP contribution in [-0.4, -0.2) is 22.6 Å². The lowest BCUT2D eigenvalue weighted by molar-refractivity contribution is 0.478. The second-order valence-electron chi connectivity index (χ2n) is 15.3. The predicted octanol–water partition coefficient (Wildman–Crippen LogP) is 12.1. The molecule has 0 saturated heterocycles. The topological polar surface area (TPSA) is 65.2 Å². The van der Waals surface area contributed by atoms with Gasteiger partial charge in [0.15, 0.2) is 0 Å². The van der Waals surface area contributed by atoms with Gasteiger partial charge in [-0.1, -0.05) is 218 Å². The lowest BCUT2D eigenvalue weighted by Gasteiger charge is -2.21. The molecule has 10 rings (SSSR count). The van der Waals surface area contributed by atoms with Crippen molar-refractivity contribution in [2.75, 3.05) is 0 Å². The quantitative estimate of drug-likeness (QED) is 0.100. The van der Waals surface area contributed by atoms with E-state index in [2.05, 4.69) is 146 Å². The zero-order chi connectivity index (χ0) is 43.2. The van der Waals surface area contributed by atoms with Crippen LogP contribution in [0.3, 0.4) is 0 Å². The van der Waals surface area contributed by atoms with Crippen LogP contribution in [0.4, 0.5) is 11.4 Å². The van der Waals surface area contributed by atoms with Crippen LogP contribution >= 0.6 is 15.8 Å². The maximum Gasteiger partial charge on any atom is 0.132 e. The highest BCUT2D eigenvalue weighted by Crippen LogP contribution is 2.45. The molecule has 0 aliphatic rings. The molecule has 0 atom stereocenters. The number of para-hydroxylation sites is 2. The number of phenols is 2. The summed E-state index contributed by atoms with van der Waals surface area (Å²) in [7, 11) is -2.08. The Hall–Kier alpha value is -7.48. The van der Waals surface area contributed by atoms with Crippen molar-refractivity contribution in [1.82, 2.24) is 0 Å². The van der Waals surface area contributed by atoms with Crippen LogP contribution in [0.2, 0.25) is 0 Å². The zero-order valence-corrected chi connectivity index (χ0v) is 36.6. The van der Waals surface area contributed by atoms with E-state index >= 15 is 0 Å². The SMILES string of the molecule is Oc1c(C=Nc2c(-c3ccc4ccccc4c3N=Cc3cccc(P(c4ccccc4)c4ccccc4)c3O)ccc3ccccc23)cccc1P(c1ccccc1)c1ccccc1. The third kappa shape index (κ3) is 8.14. The number of aromatic hydroxyl groups is 2. The molecular formula is C58H42N2O2P2. The number of aliphatic imine (C=N–C) groups is 2. The van der Waals surface area contributed by atoms with Crippen molar-refractivity contribution in [3.05, 3.63) is 242 Å². The number of rotatable bonds is 11. The molecule has 0 saturated carbocycles. The Kier molecular flexibility index (Phi) is 11.7. The van der Waals surface area contributed by atoms with Gasteiger partial charge in [-0.25, -0.2) is 0 Å². The van der Waals surface area contributed by atoms with Crippen LogP contribution in [0.1, 0.15) is 11.1 Å². The van der Waals surface area contributed by atoms with Gasteiger partial charge in [0.1, 0.15) is 11.5 Å². The third-order valence-corrected chi connectivity index (χ3v) is 16.3. The van der Waals surface area contributed by atoms with Gasteiger partial charge >= 0.3 is 0 Å². The van der Waals surface area contributed by atoms with Crippen molar-refractivity contribution in [2.24, 2.45) is 9.98 Å². The fraction of sp³-hybridized carbons (Fsp3) is 0. The maximum atomic E-state index is 12.1. The lowest BCUT2D eigenvalue weighted by Crippen LogP contribution is -2.21. The van der Waals surface area contributed by atoms with E-state index in [0.29, 0.717) is 11.1 Å². The fourth-order valence-electron chi connectivity index (χ4n) is 8.32. The summed E-state index contributed by atoms with van der Waals surface area (Å²) in [6.45, 7) is 0. The number of hydrogen-bond donors (Lipinski definition) is 2. The molecule has 6 heteroatoms. The van der Waals surface area contributed by atoms with Gasteiger partial charge < -0.3 is 10.2 Å². The van der Waals surface area contributed by atoms with E-state index in [1.165, 1.54) is 0 Å². The molecule has 10 aromatic carbocycles. The van der Waals surface area contributed by atoms with Gasteiger partial charge in [0, 0.05) is 56.1 Å². The molecule has 0 fully saturated rings. The minimum atomic E-state index is -1.04. The number of benzene rings is 10. The Bertz CT molecular complexity index is 3000. The first-order chi connectivity index (χ1) is 31.6. The normalized spacial score (nSPS) is 11.7. The highest BCUT2D eigenvalue weighted by molar-refractivity contribution is 7.80. The standard InChI is InChI=1S/C58H42N2O2P2/c61-57-43(21-17-33-53(57)63(45-23-5-1-6-24-45)46-25-7-2-8-26-46)39-59-55-49-31-15-13-19-41(49)35-37-51(55)52-38-36-42-20-14-16-32-50(42)56(52)60-40-44-22-18-34-54(58(44)62)64(47-27-9-3-10-28-47)48-29-11-4-12-30-48/h1-40,61-62H. The molecule has 0 unspecified atom stereocenters. The van der Waals surface area contributed by atoms with Crippen molar-refractivity contribution in [1.29, 1.82) is 0 Å². The molecule has 0 amide bonds. The Morgan fingerprint density at radius 1 is 0.312 bits per heavy atom. The van der Waals surface area contributed by atoms with Crippen molar-refractivity contribution in [3.8, 4) is 22.6 Å². The largest absolute Gasteiger partial charge is 0.507 e. The van der Waals surface area contributed by atoms with E-state index in [-0.39, 0.29) is 11.5 Å². The van der Waals surface area contributed by atoms with E-state index < -0.39 is 15.8 Å².